The first-order valence-corrected chi connectivity index (χ1v) is 8.35. The molecule has 6 N–H and O–H groups in total. The van der Waals surface area contributed by atoms with Crippen LogP contribution in [0.5, 0.6) is 0 Å². The molecule has 2 aromatic heterocycles. The second-order valence-corrected chi connectivity index (χ2v) is 6.77. The van der Waals surface area contributed by atoms with E-state index in [-0.39, 0.29) is 6.04 Å². The maximum atomic E-state index is 11.5. The molecule has 0 spiro atoms. The Balaban J connectivity index is 2.14. The third-order valence-corrected chi connectivity index (χ3v) is 5.17. The average molecular weight is 319 g/mol. The number of fused-ring (bicyclic) bond motifs is 1. The van der Waals surface area contributed by atoms with Gasteiger partial charge in [-0.1, -0.05) is 13.3 Å². The minimum Gasteiger partial charge on any atom is -0.397 e. The fraction of sp³-hybridized carbons (Fsp3) is 0.467. The number of thiophene rings is 1. The molecule has 1 atom stereocenters. The summed E-state index contributed by atoms with van der Waals surface area (Å²) in [5.74, 6) is 0.425. The van der Waals surface area contributed by atoms with Crippen LogP contribution in [-0.4, -0.2) is 30.0 Å². The molecule has 0 unspecified atom stereocenters. The molecule has 0 saturated carbocycles. The summed E-state index contributed by atoms with van der Waals surface area (Å²) in [6, 6.07) is 2.28. The van der Waals surface area contributed by atoms with Crippen LogP contribution in [-0.2, 0) is 6.42 Å². The van der Waals surface area contributed by atoms with Gasteiger partial charge in [-0.25, -0.2) is 4.98 Å². The number of rotatable bonds is 4. The summed E-state index contributed by atoms with van der Waals surface area (Å²) >= 11 is 1.28. The van der Waals surface area contributed by atoms with E-state index in [4.69, 9.17) is 22.2 Å². The van der Waals surface area contributed by atoms with E-state index in [0.717, 1.165) is 53.9 Å². The molecule has 1 fully saturated rings. The summed E-state index contributed by atoms with van der Waals surface area (Å²) in [4.78, 5) is 19.6. The van der Waals surface area contributed by atoms with E-state index in [0.29, 0.717) is 10.6 Å². The molecule has 3 rings (SSSR count). The fourth-order valence-corrected chi connectivity index (χ4v) is 3.98. The zero-order chi connectivity index (χ0) is 15.9. The fourth-order valence-electron chi connectivity index (χ4n) is 2.99. The molecule has 2 aromatic rings. The van der Waals surface area contributed by atoms with Gasteiger partial charge in [-0.15, -0.1) is 11.3 Å². The van der Waals surface area contributed by atoms with E-state index in [1.165, 1.54) is 11.3 Å². The van der Waals surface area contributed by atoms with E-state index in [9.17, 15) is 4.79 Å². The second-order valence-electron chi connectivity index (χ2n) is 5.77. The van der Waals surface area contributed by atoms with Crippen molar-refractivity contribution >= 4 is 39.0 Å². The topological polar surface area (TPSA) is 111 Å². The number of primary amides is 1. The Morgan fingerprint density at radius 2 is 2.32 bits per heavy atom. The summed E-state index contributed by atoms with van der Waals surface area (Å²) in [5, 5.41) is 0.882. The highest BCUT2D eigenvalue weighted by molar-refractivity contribution is 7.21. The lowest BCUT2D eigenvalue weighted by Crippen LogP contribution is -2.26. The zero-order valence-electron chi connectivity index (χ0n) is 12.6. The smallest absolute Gasteiger partial charge is 0.260 e. The molecule has 6 nitrogen and oxygen atoms in total. The first kappa shape index (κ1) is 15.1. The Morgan fingerprint density at radius 3 is 2.91 bits per heavy atom. The van der Waals surface area contributed by atoms with E-state index in [1.807, 2.05) is 0 Å². The lowest BCUT2D eigenvalue weighted by atomic mass is 10.1. The van der Waals surface area contributed by atoms with E-state index >= 15 is 0 Å². The van der Waals surface area contributed by atoms with Crippen molar-refractivity contribution in [2.45, 2.75) is 32.2 Å². The highest BCUT2D eigenvalue weighted by Gasteiger charge is 2.23. The van der Waals surface area contributed by atoms with Gasteiger partial charge in [0.15, 0.2) is 0 Å². The van der Waals surface area contributed by atoms with Crippen molar-refractivity contribution in [1.82, 2.24) is 4.98 Å². The molecule has 0 aliphatic carbocycles. The largest absolute Gasteiger partial charge is 0.397 e. The molecule has 0 radical (unpaired) electrons. The van der Waals surface area contributed by atoms with Crippen molar-refractivity contribution < 1.29 is 4.79 Å². The lowest BCUT2D eigenvalue weighted by Gasteiger charge is -2.18. The van der Waals surface area contributed by atoms with Gasteiger partial charge in [-0.05, 0) is 24.5 Å². The summed E-state index contributed by atoms with van der Waals surface area (Å²) in [7, 11) is 0. The van der Waals surface area contributed by atoms with E-state index < -0.39 is 5.91 Å². The Bertz CT molecular complexity index is 726. The molecule has 1 amide bonds. The predicted molar refractivity (Wildman–Crippen MR) is 91.4 cm³/mol. The first-order chi connectivity index (χ1) is 10.5. The predicted octanol–water partition coefficient (Wildman–Crippen LogP) is 1.47. The number of anilines is 2. The van der Waals surface area contributed by atoms with Crippen LogP contribution in [0.1, 0.15) is 35.0 Å². The molecule has 0 aromatic carbocycles. The SMILES string of the molecule is CCCc1cc(N2CC[C@H](N)C2)nc2sc(C(N)=O)c(N)c12. The lowest BCUT2D eigenvalue weighted by molar-refractivity contribution is 0.100. The Morgan fingerprint density at radius 1 is 1.55 bits per heavy atom. The minimum absolute atomic E-state index is 0.196. The van der Waals surface area contributed by atoms with Crippen LogP contribution < -0.4 is 22.1 Å². The van der Waals surface area contributed by atoms with Crippen LogP contribution in [0, 0.1) is 0 Å². The van der Waals surface area contributed by atoms with Gasteiger partial charge in [0.05, 0.1) is 5.69 Å². The van der Waals surface area contributed by atoms with Gasteiger partial charge in [-0.3, -0.25) is 4.79 Å². The van der Waals surface area contributed by atoms with E-state index in [2.05, 4.69) is 17.9 Å². The molecule has 1 aliphatic heterocycles. The Hall–Kier alpha value is -1.86. The van der Waals surface area contributed by atoms with Crippen LogP contribution in [0.3, 0.4) is 0 Å². The van der Waals surface area contributed by atoms with Crippen LogP contribution >= 0.6 is 11.3 Å². The van der Waals surface area contributed by atoms with E-state index in [1.54, 1.807) is 0 Å². The average Bonchev–Trinajstić information content (AvgIpc) is 3.03. The van der Waals surface area contributed by atoms with Crippen LogP contribution in [0.4, 0.5) is 11.5 Å². The normalized spacial score (nSPS) is 18.3. The number of nitrogen functional groups attached to an aromatic ring is 1. The standard InChI is InChI=1S/C15H21N5OS/c1-2-3-8-6-10(20-5-4-9(16)7-20)19-15-11(8)12(17)13(22-15)14(18)21/h6,9H,2-5,7,16-17H2,1H3,(H2,18,21)/t9-/m0/s1. The molecule has 7 heteroatoms. The Kier molecular flexibility index (Phi) is 3.92. The molecular weight excluding hydrogens is 298 g/mol. The van der Waals surface area contributed by atoms with Gasteiger partial charge >= 0.3 is 0 Å². The maximum Gasteiger partial charge on any atom is 0.260 e. The summed E-state index contributed by atoms with van der Waals surface area (Å²) in [5.41, 5.74) is 19.1. The number of aromatic nitrogens is 1. The van der Waals surface area contributed by atoms with Crippen molar-refractivity contribution in [3.63, 3.8) is 0 Å². The number of hydrogen-bond acceptors (Lipinski definition) is 6. The quantitative estimate of drug-likeness (QED) is 0.790. The number of pyridine rings is 1. The van der Waals surface area contributed by atoms with Crippen LogP contribution in [0.15, 0.2) is 6.07 Å². The van der Waals surface area contributed by atoms with Crippen LogP contribution in [0.25, 0.3) is 10.2 Å². The summed E-state index contributed by atoms with van der Waals surface area (Å²) in [6.07, 6.45) is 2.87. The molecule has 3 heterocycles. The number of nitrogens with two attached hydrogens (primary N) is 3. The summed E-state index contributed by atoms with van der Waals surface area (Å²) in [6.45, 7) is 3.84. The number of carbonyl (C=O) groups excluding carboxylic acids is 1. The third-order valence-electron chi connectivity index (χ3n) is 4.06. The molecule has 1 saturated heterocycles. The van der Waals surface area contributed by atoms with Gasteiger partial charge in [-0.2, -0.15) is 0 Å². The number of nitrogens with zero attached hydrogens (tertiary/aromatic N) is 2. The third kappa shape index (κ3) is 2.50. The van der Waals surface area contributed by atoms with Crippen molar-refractivity contribution in [2.24, 2.45) is 11.5 Å². The molecular formula is C15H21N5OS. The van der Waals surface area contributed by atoms with Gasteiger partial charge < -0.3 is 22.1 Å². The van der Waals surface area contributed by atoms with Gasteiger partial charge in [0.25, 0.3) is 5.91 Å². The molecule has 0 bridgehead atoms. The maximum absolute atomic E-state index is 11.5. The number of amides is 1. The van der Waals surface area contributed by atoms with Gasteiger partial charge in [0.2, 0.25) is 0 Å². The highest BCUT2D eigenvalue weighted by Crippen LogP contribution is 2.37. The van der Waals surface area contributed by atoms with Crippen molar-refractivity contribution in [3.8, 4) is 0 Å². The summed E-state index contributed by atoms with van der Waals surface area (Å²) < 4.78 is 0. The van der Waals surface area contributed by atoms with Gasteiger partial charge in [0, 0.05) is 24.5 Å². The minimum atomic E-state index is -0.493. The molecule has 1 aliphatic rings. The zero-order valence-corrected chi connectivity index (χ0v) is 13.4. The number of hydrogen-bond donors (Lipinski definition) is 3. The highest BCUT2D eigenvalue weighted by atomic mass is 32.1. The van der Waals surface area contributed by atoms with Crippen molar-refractivity contribution in [2.75, 3.05) is 23.7 Å². The Labute approximate surface area is 133 Å². The number of aryl methyl sites for hydroxylation is 1. The monoisotopic (exact) mass is 319 g/mol. The molecule has 22 heavy (non-hydrogen) atoms. The van der Waals surface area contributed by atoms with Crippen LogP contribution in [0.2, 0.25) is 0 Å². The molecule has 118 valence electrons. The van der Waals surface area contributed by atoms with Crippen molar-refractivity contribution in [3.05, 3.63) is 16.5 Å². The van der Waals surface area contributed by atoms with Crippen molar-refractivity contribution in [1.29, 1.82) is 0 Å². The number of carbonyl (C=O) groups is 1. The first-order valence-electron chi connectivity index (χ1n) is 7.53. The second kappa shape index (κ2) is 5.73. The van der Waals surface area contributed by atoms with Gasteiger partial charge in [0.1, 0.15) is 15.5 Å².